The number of amides is 2. The van der Waals surface area contributed by atoms with Crippen LogP contribution in [0.3, 0.4) is 0 Å². The lowest BCUT2D eigenvalue weighted by atomic mass is 9.97. The molecule has 1 N–H and O–H groups in total. The fourth-order valence-electron chi connectivity index (χ4n) is 3.10. The second-order valence-corrected chi connectivity index (χ2v) is 6.59. The van der Waals surface area contributed by atoms with Gasteiger partial charge in [-0.2, -0.15) is 0 Å². The van der Waals surface area contributed by atoms with Crippen LogP contribution in [0.15, 0.2) is 36.7 Å². The van der Waals surface area contributed by atoms with Crippen molar-refractivity contribution in [2.75, 3.05) is 37.5 Å². The molecule has 7 nitrogen and oxygen atoms in total. The van der Waals surface area contributed by atoms with E-state index in [2.05, 4.69) is 10.3 Å². The van der Waals surface area contributed by atoms with Crippen LogP contribution in [0, 0.1) is 0 Å². The number of aromatic nitrogens is 1. The van der Waals surface area contributed by atoms with Gasteiger partial charge in [-0.25, -0.2) is 4.79 Å². The maximum absolute atomic E-state index is 12.8. The van der Waals surface area contributed by atoms with Gasteiger partial charge >= 0.3 is 6.09 Å². The number of benzene rings is 1. The van der Waals surface area contributed by atoms with E-state index in [1.54, 1.807) is 24.2 Å². The Morgan fingerprint density at radius 2 is 1.96 bits per heavy atom. The Bertz CT molecular complexity index is 834. The first-order valence-electron chi connectivity index (χ1n) is 8.95. The van der Waals surface area contributed by atoms with Gasteiger partial charge in [0.1, 0.15) is 0 Å². The van der Waals surface area contributed by atoms with E-state index >= 15 is 0 Å². The lowest BCUT2D eigenvalue weighted by Gasteiger charge is -2.28. The maximum atomic E-state index is 12.8. The third-order valence-corrected chi connectivity index (χ3v) is 4.55. The molecule has 0 spiro atoms. The first kappa shape index (κ1) is 18.7. The second-order valence-electron chi connectivity index (χ2n) is 6.59. The molecule has 2 aromatic rings. The molecular weight excluding hydrogens is 344 g/mol. The zero-order chi connectivity index (χ0) is 19.4. The third kappa shape index (κ3) is 4.19. The summed E-state index contributed by atoms with van der Waals surface area (Å²) < 4.78 is 5.06. The molecule has 0 bridgehead atoms. The number of carbonyl (C=O) groups excluding carboxylic acids is 2. The highest BCUT2D eigenvalue weighted by molar-refractivity contribution is 6.05. The minimum Gasteiger partial charge on any atom is -0.450 e. The molecule has 2 heterocycles. The first-order chi connectivity index (χ1) is 13.0. The Labute approximate surface area is 158 Å². The molecule has 2 amide bonds. The molecule has 7 heteroatoms. The fraction of sp³-hybridized carbons (Fsp3) is 0.350. The molecular formula is C20H24N4O3. The number of rotatable bonds is 4. The summed E-state index contributed by atoms with van der Waals surface area (Å²) in [7, 11) is 3.93. The van der Waals surface area contributed by atoms with Gasteiger partial charge in [-0.1, -0.05) is 0 Å². The Kier molecular flexibility index (Phi) is 5.59. The second kappa shape index (κ2) is 8.07. The highest BCUT2D eigenvalue weighted by atomic mass is 16.6. The molecule has 0 fully saturated rings. The summed E-state index contributed by atoms with van der Waals surface area (Å²) in [6.45, 7) is 3.05. The topological polar surface area (TPSA) is 74.8 Å². The van der Waals surface area contributed by atoms with Crippen LogP contribution in [0.4, 0.5) is 16.2 Å². The van der Waals surface area contributed by atoms with Gasteiger partial charge in [0.05, 0.1) is 18.7 Å². The van der Waals surface area contributed by atoms with Gasteiger partial charge in [-0.05, 0) is 48.7 Å². The summed E-state index contributed by atoms with van der Waals surface area (Å²) in [4.78, 5) is 32.5. The highest BCUT2D eigenvalue weighted by Gasteiger charge is 2.25. The zero-order valence-corrected chi connectivity index (χ0v) is 15.9. The van der Waals surface area contributed by atoms with Crippen LogP contribution < -0.4 is 10.2 Å². The van der Waals surface area contributed by atoms with Crippen LogP contribution in [-0.2, 0) is 17.7 Å². The van der Waals surface area contributed by atoms with E-state index in [1.807, 2.05) is 43.3 Å². The average molecular weight is 368 g/mol. The Balaban J connectivity index is 1.75. The van der Waals surface area contributed by atoms with E-state index in [9.17, 15) is 9.59 Å². The van der Waals surface area contributed by atoms with Crippen molar-refractivity contribution in [2.45, 2.75) is 19.9 Å². The Morgan fingerprint density at radius 1 is 1.22 bits per heavy atom. The van der Waals surface area contributed by atoms with E-state index in [0.29, 0.717) is 31.7 Å². The van der Waals surface area contributed by atoms with E-state index in [-0.39, 0.29) is 12.0 Å². The molecule has 3 rings (SSSR count). The molecule has 142 valence electrons. The fourth-order valence-corrected chi connectivity index (χ4v) is 3.10. The van der Waals surface area contributed by atoms with Crippen molar-refractivity contribution in [1.82, 2.24) is 9.88 Å². The Hall–Kier alpha value is -3.09. The summed E-state index contributed by atoms with van der Waals surface area (Å²) in [5, 5.41) is 2.93. The molecule has 1 aromatic carbocycles. The van der Waals surface area contributed by atoms with E-state index in [4.69, 9.17) is 4.74 Å². The van der Waals surface area contributed by atoms with Gasteiger partial charge in [0.25, 0.3) is 5.91 Å². The third-order valence-electron chi connectivity index (χ3n) is 4.55. The molecule has 0 atom stereocenters. The molecule has 1 aliphatic heterocycles. The quantitative estimate of drug-likeness (QED) is 0.898. The highest BCUT2D eigenvalue weighted by Crippen LogP contribution is 2.23. The van der Waals surface area contributed by atoms with Crippen LogP contribution in [-0.4, -0.2) is 49.1 Å². The van der Waals surface area contributed by atoms with E-state index < -0.39 is 0 Å². The monoisotopic (exact) mass is 368 g/mol. The van der Waals surface area contributed by atoms with Crippen molar-refractivity contribution in [2.24, 2.45) is 0 Å². The molecule has 0 saturated heterocycles. The van der Waals surface area contributed by atoms with Crippen molar-refractivity contribution in [3.63, 3.8) is 0 Å². The number of hydrogen-bond donors (Lipinski definition) is 1. The molecule has 0 saturated carbocycles. The SMILES string of the molecule is CCOC(=O)N1CCc2c(cncc2C(=O)Nc2ccc(N(C)C)cc2)C1. The van der Waals surface area contributed by atoms with Gasteiger partial charge in [0.2, 0.25) is 0 Å². The van der Waals surface area contributed by atoms with Crippen LogP contribution in [0.1, 0.15) is 28.4 Å². The molecule has 1 aromatic heterocycles. The summed E-state index contributed by atoms with van der Waals surface area (Å²) in [6, 6.07) is 7.65. The van der Waals surface area contributed by atoms with Gasteiger partial charge in [0, 0.05) is 44.4 Å². The van der Waals surface area contributed by atoms with Crippen molar-refractivity contribution < 1.29 is 14.3 Å². The first-order valence-corrected chi connectivity index (χ1v) is 8.95. The van der Waals surface area contributed by atoms with Gasteiger partial charge in [-0.3, -0.25) is 9.78 Å². The summed E-state index contributed by atoms with van der Waals surface area (Å²) in [5.41, 5.74) is 4.16. The van der Waals surface area contributed by atoms with E-state index in [0.717, 1.165) is 22.5 Å². The summed E-state index contributed by atoms with van der Waals surface area (Å²) in [5.74, 6) is -0.193. The van der Waals surface area contributed by atoms with Crippen molar-refractivity contribution in [3.05, 3.63) is 53.3 Å². The maximum Gasteiger partial charge on any atom is 0.410 e. The zero-order valence-electron chi connectivity index (χ0n) is 15.9. The smallest absolute Gasteiger partial charge is 0.410 e. The van der Waals surface area contributed by atoms with Crippen LogP contribution in [0.25, 0.3) is 0 Å². The number of pyridine rings is 1. The lowest BCUT2D eigenvalue weighted by Crippen LogP contribution is -2.37. The van der Waals surface area contributed by atoms with Gasteiger partial charge in [0.15, 0.2) is 0 Å². The van der Waals surface area contributed by atoms with Crippen LogP contribution in [0.2, 0.25) is 0 Å². The van der Waals surface area contributed by atoms with Crippen molar-refractivity contribution >= 4 is 23.4 Å². The largest absolute Gasteiger partial charge is 0.450 e. The molecule has 0 aliphatic carbocycles. The molecule has 1 aliphatic rings. The number of nitrogens with one attached hydrogen (secondary N) is 1. The standard InChI is InChI=1S/C20H24N4O3/c1-4-27-20(26)24-10-9-17-14(13-24)11-21-12-18(17)19(25)22-15-5-7-16(8-6-15)23(2)3/h5-8,11-12H,4,9-10,13H2,1-3H3,(H,22,25). The van der Waals surface area contributed by atoms with Crippen LogP contribution in [0.5, 0.6) is 0 Å². The molecule has 0 unspecified atom stereocenters. The predicted octanol–water partition coefficient (Wildman–Crippen LogP) is 2.91. The molecule has 0 radical (unpaired) electrons. The van der Waals surface area contributed by atoms with Gasteiger partial charge < -0.3 is 19.9 Å². The lowest BCUT2D eigenvalue weighted by molar-refractivity contribution is 0.101. The minimum absolute atomic E-state index is 0.193. The normalized spacial score (nSPS) is 12.9. The van der Waals surface area contributed by atoms with Crippen LogP contribution >= 0.6 is 0 Å². The number of fused-ring (bicyclic) bond motifs is 1. The number of carbonyl (C=O) groups is 2. The number of ether oxygens (including phenoxy) is 1. The minimum atomic E-state index is -0.334. The average Bonchev–Trinajstić information content (AvgIpc) is 2.67. The summed E-state index contributed by atoms with van der Waals surface area (Å²) in [6.07, 6.45) is 3.56. The van der Waals surface area contributed by atoms with Gasteiger partial charge in [-0.15, -0.1) is 0 Å². The number of anilines is 2. The number of hydrogen-bond acceptors (Lipinski definition) is 5. The molecule has 27 heavy (non-hydrogen) atoms. The van der Waals surface area contributed by atoms with E-state index in [1.165, 1.54) is 0 Å². The van der Waals surface area contributed by atoms with Crippen molar-refractivity contribution in [1.29, 1.82) is 0 Å². The Morgan fingerprint density at radius 3 is 2.63 bits per heavy atom. The van der Waals surface area contributed by atoms with Crippen molar-refractivity contribution in [3.8, 4) is 0 Å². The summed E-state index contributed by atoms with van der Waals surface area (Å²) >= 11 is 0. The number of nitrogens with zero attached hydrogens (tertiary/aromatic N) is 3. The predicted molar refractivity (Wildman–Crippen MR) is 104 cm³/mol.